The molecule has 0 spiro atoms. The largest absolute Gasteiger partial charge is 0.465 e. The zero-order valence-electron chi connectivity index (χ0n) is 17.8. The van der Waals surface area contributed by atoms with Gasteiger partial charge in [0, 0.05) is 31.6 Å². The van der Waals surface area contributed by atoms with Crippen molar-refractivity contribution in [2.24, 2.45) is 0 Å². The molecule has 2 aromatic rings. The first kappa shape index (κ1) is 24.1. The maximum Gasteiger partial charge on any atom is 0.328 e. The molecule has 1 heterocycles. The number of benzene rings is 1. The molecule has 0 aliphatic heterocycles. The van der Waals surface area contributed by atoms with Crippen molar-refractivity contribution in [3.8, 4) is 0 Å². The second-order valence-electron chi connectivity index (χ2n) is 6.50. The van der Waals surface area contributed by atoms with Gasteiger partial charge in [-0.05, 0) is 52.0 Å². The summed E-state index contributed by atoms with van der Waals surface area (Å²) in [6.07, 6.45) is 0.630. The van der Waals surface area contributed by atoms with Crippen LogP contribution in [0.5, 0.6) is 0 Å². The zero-order valence-corrected chi connectivity index (χ0v) is 18.6. The summed E-state index contributed by atoms with van der Waals surface area (Å²) < 4.78 is 43.5. The van der Waals surface area contributed by atoms with Gasteiger partial charge in [-0.3, -0.25) is 10.1 Å². The number of aromatic nitrogens is 1. The van der Waals surface area contributed by atoms with E-state index in [2.05, 4.69) is 5.32 Å². The molecule has 1 N–H and O–H groups in total. The zero-order chi connectivity index (χ0) is 22.1. The minimum Gasteiger partial charge on any atom is -0.465 e. The molecule has 2 rings (SSSR count). The number of esters is 1. The Hall–Kier alpha value is -2.20. The molecular formula is C21H30N2O6S. The van der Waals surface area contributed by atoms with E-state index >= 15 is 0 Å². The van der Waals surface area contributed by atoms with E-state index in [0.717, 1.165) is 5.56 Å². The maximum absolute atomic E-state index is 13.0. The van der Waals surface area contributed by atoms with Crippen molar-refractivity contribution in [1.29, 1.82) is 0 Å². The standard InChI is InChI=1S/C21H30N2O6S/c1-5-27-20(24)19(21(28-6-2)29-7-3)22-15-17-9-8-14-23(17)30(25,26)18-12-10-16(4)11-13-18/h8-14,19,21-22H,5-7,15H2,1-4H3. The van der Waals surface area contributed by atoms with Gasteiger partial charge in [0.1, 0.15) is 0 Å². The second kappa shape index (κ2) is 11.3. The van der Waals surface area contributed by atoms with E-state index in [4.69, 9.17) is 14.2 Å². The van der Waals surface area contributed by atoms with Gasteiger partial charge in [0.15, 0.2) is 12.3 Å². The van der Waals surface area contributed by atoms with Crippen molar-refractivity contribution in [2.45, 2.75) is 51.5 Å². The topological polar surface area (TPSA) is 95.9 Å². The molecule has 166 valence electrons. The molecule has 30 heavy (non-hydrogen) atoms. The molecule has 1 unspecified atom stereocenters. The van der Waals surface area contributed by atoms with Crippen molar-refractivity contribution >= 4 is 16.0 Å². The molecule has 0 radical (unpaired) electrons. The minimum absolute atomic E-state index is 0.0955. The van der Waals surface area contributed by atoms with E-state index in [-0.39, 0.29) is 18.0 Å². The Labute approximate surface area is 178 Å². The van der Waals surface area contributed by atoms with Gasteiger partial charge in [-0.1, -0.05) is 17.7 Å². The summed E-state index contributed by atoms with van der Waals surface area (Å²) >= 11 is 0. The molecule has 0 bridgehead atoms. The van der Waals surface area contributed by atoms with E-state index in [1.165, 1.54) is 10.2 Å². The van der Waals surface area contributed by atoms with Crippen LogP contribution in [-0.4, -0.2) is 50.5 Å². The normalized spacial score (nSPS) is 12.8. The fourth-order valence-electron chi connectivity index (χ4n) is 2.90. The molecule has 0 amide bonds. The average molecular weight is 439 g/mol. The predicted molar refractivity (Wildman–Crippen MR) is 112 cm³/mol. The van der Waals surface area contributed by atoms with E-state index in [1.807, 2.05) is 6.92 Å². The number of hydrogen-bond acceptors (Lipinski definition) is 7. The lowest BCUT2D eigenvalue weighted by Gasteiger charge is -2.26. The van der Waals surface area contributed by atoms with Crippen molar-refractivity contribution in [2.75, 3.05) is 19.8 Å². The van der Waals surface area contributed by atoms with Gasteiger partial charge in [-0.25, -0.2) is 12.4 Å². The van der Waals surface area contributed by atoms with Gasteiger partial charge >= 0.3 is 5.97 Å². The Bertz CT molecular complexity index is 902. The van der Waals surface area contributed by atoms with Gasteiger partial charge < -0.3 is 14.2 Å². The highest BCUT2D eigenvalue weighted by atomic mass is 32.2. The highest BCUT2D eigenvalue weighted by Gasteiger charge is 2.31. The van der Waals surface area contributed by atoms with Crippen LogP contribution in [0.25, 0.3) is 0 Å². The summed E-state index contributed by atoms with van der Waals surface area (Å²) in [7, 11) is -3.76. The molecule has 0 fully saturated rings. The number of aryl methyl sites for hydroxylation is 1. The lowest BCUT2D eigenvalue weighted by atomic mass is 10.2. The van der Waals surface area contributed by atoms with E-state index < -0.39 is 28.3 Å². The third-order valence-corrected chi connectivity index (χ3v) is 6.09. The smallest absolute Gasteiger partial charge is 0.328 e. The van der Waals surface area contributed by atoms with Crippen molar-refractivity contribution < 1.29 is 27.4 Å². The van der Waals surface area contributed by atoms with Gasteiger partial charge in [-0.2, -0.15) is 0 Å². The summed E-state index contributed by atoms with van der Waals surface area (Å²) in [5.41, 5.74) is 1.44. The number of nitrogens with one attached hydrogen (secondary N) is 1. The number of hydrogen-bond donors (Lipinski definition) is 1. The number of ether oxygens (including phenoxy) is 3. The Morgan fingerprint density at radius 2 is 1.67 bits per heavy atom. The Morgan fingerprint density at radius 1 is 1.03 bits per heavy atom. The maximum atomic E-state index is 13.0. The average Bonchev–Trinajstić information content (AvgIpc) is 3.18. The van der Waals surface area contributed by atoms with Crippen LogP contribution in [0.2, 0.25) is 0 Å². The Morgan fingerprint density at radius 3 is 2.23 bits per heavy atom. The quantitative estimate of drug-likeness (QED) is 0.402. The highest BCUT2D eigenvalue weighted by Crippen LogP contribution is 2.18. The molecule has 1 aromatic carbocycles. The summed E-state index contributed by atoms with van der Waals surface area (Å²) in [4.78, 5) is 12.6. The van der Waals surface area contributed by atoms with Crippen LogP contribution in [0.15, 0.2) is 47.5 Å². The van der Waals surface area contributed by atoms with Gasteiger partial charge in [0.2, 0.25) is 0 Å². The minimum atomic E-state index is -3.76. The van der Waals surface area contributed by atoms with Crippen LogP contribution >= 0.6 is 0 Å². The van der Waals surface area contributed by atoms with E-state index in [1.54, 1.807) is 57.2 Å². The lowest BCUT2D eigenvalue weighted by Crippen LogP contribution is -2.49. The number of nitrogens with zero attached hydrogens (tertiary/aromatic N) is 1. The summed E-state index contributed by atoms with van der Waals surface area (Å²) in [5.74, 6) is -0.524. The first-order chi connectivity index (χ1) is 14.3. The number of rotatable bonds is 12. The highest BCUT2D eigenvalue weighted by molar-refractivity contribution is 7.90. The van der Waals surface area contributed by atoms with Crippen LogP contribution < -0.4 is 5.32 Å². The molecule has 0 aliphatic carbocycles. The summed E-state index contributed by atoms with van der Waals surface area (Å²) in [5, 5.41) is 3.04. The molecule has 0 saturated heterocycles. The summed E-state index contributed by atoms with van der Waals surface area (Å²) in [6, 6.07) is 9.06. The molecule has 1 aromatic heterocycles. The lowest BCUT2D eigenvalue weighted by molar-refractivity contribution is -0.179. The number of carbonyl (C=O) groups excluding carboxylic acids is 1. The number of carbonyl (C=O) groups is 1. The van der Waals surface area contributed by atoms with Gasteiger partial charge in [-0.15, -0.1) is 0 Å². The first-order valence-corrected chi connectivity index (χ1v) is 11.4. The summed E-state index contributed by atoms with van der Waals surface area (Å²) in [6.45, 7) is 8.20. The van der Waals surface area contributed by atoms with Crippen molar-refractivity contribution in [3.63, 3.8) is 0 Å². The monoisotopic (exact) mass is 438 g/mol. The van der Waals surface area contributed by atoms with Gasteiger partial charge in [0.25, 0.3) is 10.0 Å². The first-order valence-electron chi connectivity index (χ1n) is 9.96. The van der Waals surface area contributed by atoms with Crippen LogP contribution in [0.4, 0.5) is 0 Å². The fraction of sp³-hybridized carbons (Fsp3) is 0.476. The Kier molecular flexibility index (Phi) is 9.04. The molecule has 0 aliphatic rings. The van der Waals surface area contributed by atoms with Gasteiger partial charge in [0.05, 0.1) is 11.5 Å². The molecule has 1 atom stereocenters. The fourth-order valence-corrected chi connectivity index (χ4v) is 4.27. The predicted octanol–water partition coefficient (Wildman–Crippen LogP) is 2.45. The van der Waals surface area contributed by atoms with Crippen LogP contribution in [0, 0.1) is 6.92 Å². The molecule has 8 nitrogen and oxygen atoms in total. The third-order valence-electron chi connectivity index (χ3n) is 4.35. The van der Waals surface area contributed by atoms with E-state index in [9.17, 15) is 13.2 Å². The van der Waals surface area contributed by atoms with Crippen molar-refractivity contribution in [1.82, 2.24) is 9.29 Å². The van der Waals surface area contributed by atoms with Crippen LogP contribution in [0.3, 0.4) is 0 Å². The van der Waals surface area contributed by atoms with E-state index in [0.29, 0.717) is 18.9 Å². The Balaban J connectivity index is 2.25. The van der Waals surface area contributed by atoms with Crippen LogP contribution in [-0.2, 0) is 35.6 Å². The second-order valence-corrected chi connectivity index (χ2v) is 8.32. The van der Waals surface area contributed by atoms with Crippen molar-refractivity contribution in [3.05, 3.63) is 53.9 Å². The SMILES string of the molecule is CCOC(=O)C(NCc1cccn1S(=O)(=O)c1ccc(C)cc1)C(OCC)OCC. The molecule has 9 heteroatoms. The molecule has 0 saturated carbocycles. The van der Waals surface area contributed by atoms with Crippen LogP contribution in [0.1, 0.15) is 32.0 Å². The molecular weight excluding hydrogens is 408 g/mol. The third kappa shape index (κ3) is 5.91.